The van der Waals surface area contributed by atoms with E-state index in [2.05, 4.69) is 12.2 Å². The predicted molar refractivity (Wildman–Crippen MR) is 95.4 cm³/mol. The molecule has 0 fully saturated rings. The highest BCUT2D eigenvalue weighted by atomic mass is 16.5. The summed E-state index contributed by atoms with van der Waals surface area (Å²) in [6.45, 7) is 1.92. The Kier molecular flexibility index (Phi) is 6.21. The quantitative estimate of drug-likeness (QED) is 0.854. The van der Waals surface area contributed by atoms with Gasteiger partial charge in [0.2, 0.25) is 0 Å². The third-order valence-corrected chi connectivity index (χ3v) is 4.07. The lowest BCUT2D eigenvalue weighted by Crippen LogP contribution is -2.36. The number of carbonyl (C=O) groups excluding carboxylic acids is 1. The summed E-state index contributed by atoms with van der Waals surface area (Å²) in [7, 11) is 3.27. The molecule has 1 unspecified atom stereocenters. The van der Waals surface area contributed by atoms with E-state index < -0.39 is 6.04 Å². The first-order valence-corrected chi connectivity index (χ1v) is 7.96. The molecular weight excluding hydrogens is 304 g/mol. The summed E-state index contributed by atoms with van der Waals surface area (Å²) < 4.78 is 5.13. The molecule has 2 aromatic carbocycles. The number of aliphatic hydroxyl groups is 1. The minimum atomic E-state index is -0.425. The molecule has 0 saturated carbocycles. The molecule has 0 aromatic heterocycles. The Morgan fingerprint density at radius 3 is 2.29 bits per heavy atom. The minimum Gasteiger partial charge on any atom is -0.497 e. The molecular formula is C19H24N2O3. The van der Waals surface area contributed by atoms with E-state index in [1.165, 1.54) is 10.5 Å². The van der Waals surface area contributed by atoms with Crippen LogP contribution in [0.2, 0.25) is 0 Å². The lowest BCUT2D eigenvalue weighted by Gasteiger charge is -2.27. The number of aryl methyl sites for hydroxylation is 1. The van der Waals surface area contributed by atoms with Gasteiger partial charge in [0.25, 0.3) is 0 Å². The maximum absolute atomic E-state index is 12.4. The number of benzene rings is 2. The van der Waals surface area contributed by atoms with Gasteiger partial charge in [0, 0.05) is 12.7 Å². The fourth-order valence-corrected chi connectivity index (χ4v) is 2.45. The summed E-state index contributed by atoms with van der Waals surface area (Å²) in [5.74, 6) is 0.735. The van der Waals surface area contributed by atoms with E-state index in [4.69, 9.17) is 4.74 Å². The normalized spacial score (nSPS) is 11.7. The average Bonchev–Trinajstić information content (AvgIpc) is 2.63. The number of rotatable bonds is 6. The Hall–Kier alpha value is -2.53. The summed E-state index contributed by atoms with van der Waals surface area (Å²) in [5, 5.41) is 12.6. The largest absolute Gasteiger partial charge is 0.497 e. The number of hydrogen-bond acceptors (Lipinski definition) is 3. The van der Waals surface area contributed by atoms with Crippen molar-refractivity contribution >= 4 is 11.7 Å². The van der Waals surface area contributed by atoms with E-state index >= 15 is 0 Å². The van der Waals surface area contributed by atoms with Crippen LogP contribution in [-0.2, 0) is 6.42 Å². The number of urea groups is 1. The van der Waals surface area contributed by atoms with Crippen molar-refractivity contribution in [2.45, 2.75) is 19.4 Å². The maximum Gasteiger partial charge on any atom is 0.322 e. The molecule has 0 aliphatic heterocycles. The van der Waals surface area contributed by atoms with Gasteiger partial charge in [-0.1, -0.05) is 31.2 Å². The van der Waals surface area contributed by atoms with E-state index in [0.717, 1.165) is 23.4 Å². The van der Waals surface area contributed by atoms with Gasteiger partial charge in [0.05, 0.1) is 19.8 Å². The Morgan fingerprint density at radius 1 is 1.17 bits per heavy atom. The molecule has 2 amide bonds. The van der Waals surface area contributed by atoms with Crippen molar-refractivity contribution < 1.29 is 14.6 Å². The lowest BCUT2D eigenvalue weighted by molar-refractivity contribution is 0.159. The number of hydrogen-bond donors (Lipinski definition) is 2. The van der Waals surface area contributed by atoms with Gasteiger partial charge in [-0.15, -0.1) is 0 Å². The van der Waals surface area contributed by atoms with Crippen LogP contribution < -0.4 is 10.1 Å². The zero-order valence-corrected chi connectivity index (χ0v) is 14.3. The van der Waals surface area contributed by atoms with Crippen molar-refractivity contribution in [3.8, 4) is 5.75 Å². The van der Waals surface area contributed by atoms with Crippen molar-refractivity contribution in [3.63, 3.8) is 0 Å². The van der Waals surface area contributed by atoms with Crippen LogP contribution in [-0.4, -0.2) is 36.8 Å². The van der Waals surface area contributed by atoms with Crippen LogP contribution in [0.1, 0.15) is 24.1 Å². The molecule has 5 nitrogen and oxygen atoms in total. The smallest absolute Gasteiger partial charge is 0.322 e. The number of nitrogens with one attached hydrogen (secondary N) is 1. The van der Waals surface area contributed by atoms with E-state index in [-0.39, 0.29) is 12.6 Å². The summed E-state index contributed by atoms with van der Waals surface area (Å²) in [5.41, 5.74) is 2.79. The molecule has 2 N–H and O–H groups in total. The van der Waals surface area contributed by atoms with Gasteiger partial charge in [0.15, 0.2) is 0 Å². The number of ether oxygens (including phenoxy) is 1. The van der Waals surface area contributed by atoms with Crippen LogP contribution >= 0.6 is 0 Å². The van der Waals surface area contributed by atoms with E-state index in [1.54, 1.807) is 14.2 Å². The fourth-order valence-electron chi connectivity index (χ4n) is 2.45. The van der Waals surface area contributed by atoms with Crippen LogP contribution in [0.5, 0.6) is 5.75 Å². The number of methoxy groups -OCH3 is 1. The molecule has 2 rings (SSSR count). The monoisotopic (exact) mass is 328 g/mol. The molecule has 0 saturated heterocycles. The van der Waals surface area contributed by atoms with Gasteiger partial charge in [-0.3, -0.25) is 0 Å². The van der Waals surface area contributed by atoms with Crippen LogP contribution in [0, 0.1) is 0 Å². The van der Waals surface area contributed by atoms with Crippen molar-refractivity contribution in [2.24, 2.45) is 0 Å². The van der Waals surface area contributed by atoms with Crippen LogP contribution in [0.25, 0.3) is 0 Å². The average molecular weight is 328 g/mol. The molecule has 0 spiro atoms. The zero-order chi connectivity index (χ0) is 17.5. The Bertz CT molecular complexity index is 653. The molecule has 5 heteroatoms. The first-order valence-electron chi connectivity index (χ1n) is 7.96. The number of carbonyl (C=O) groups is 1. The number of amides is 2. The van der Waals surface area contributed by atoms with Crippen LogP contribution in [0.3, 0.4) is 0 Å². The Labute approximate surface area is 142 Å². The van der Waals surface area contributed by atoms with Gasteiger partial charge in [-0.25, -0.2) is 4.79 Å². The highest BCUT2D eigenvalue weighted by Gasteiger charge is 2.21. The van der Waals surface area contributed by atoms with Crippen LogP contribution in [0.4, 0.5) is 10.5 Å². The maximum atomic E-state index is 12.4. The Balaban J connectivity index is 2.08. The molecule has 1 atom stereocenters. The molecule has 128 valence electrons. The molecule has 0 heterocycles. The third-order valence-electron chi connectivity index (χ3n) is 4.07. The number of anilines is 1. The summed E-state index contributed by atoms with van der Waals surface area (Å²) in [6.07, 6.45) is 0.957. The fraction of sp³-hybridized carbons (Fsp3) is 0.316. The highest BCUT2D eigenvalue weighted by Crippen LogP contribution is 2.22. The van der Waals surface area contributed by atoms with E-state index in [0.29, 0.717) is 0 Å². The molecule has 2 aromatic rings. The van der Waals surface area contributed by atoms with Gasteiger partial charge < -0.3 is 20.1 Å². The lowest BCUT2D eigenvalue weighted by atomic mass is 10.1. The first-order chi connectivity index (χ1) is 11.6. The van der Waals surface area contributed by atoms with Crippen molar-refractivity contribution in [2.75, 3.05) is 26.1 Å². The van der Waals surface area contributed by atoms with Gasteiger partial charge in [-0.05, 0) is 41.8 Å². The second-order valence-corrected chi connectivity index (χ2v) is 5.56. The van der Waals surface area contributed by atoms with Crippen LogP contribution in [0.15, 0.2) is 48.5 Å². The summed E-state index contributed by atoms with van der Waals surface area (Å²) >= 11 is 0. The second kappa shape index (κ2) is 8.36. The van der Waals surface area contributed by atoms with Gasteiger partial charge in [-0.2, -0.15) is 0 Å². The Morgan fingerprint density at radius 2 is 1.79 bits per heavy atom. The van der Waals surface area contributed by atoms with E-state index in [1.807, 2.05) is 48.5 Å². The number of aliphatic hydroxyl groups excluding tert-OH is 1. The van der Waals surface area contributed by atoms with Crippen molar-refractivity contribution in [1.82, 2.24) is 4.90 Å². The van der Waals surface area contributed by atoms with E-state index in [9.17, 15) is 9.90 Å². The highest BCUT2D eigenvalue weighted by molar-refractivity contribution is 5.89. The first kappa shape index (κ1) is 17.8. The van der Waals surface area contributed by atoms with Gasteiger partial charge in [0.1, 0.15) is 5.75 Å². The third kappa shape index (κ3) is 4.26. The van der Waals surface area contributed by atoms with Gasteiger partial charge >= 0.3 is 6.03 Å². The zero-order valence-electron chi connectivity index (χ0n) is 14.3. The summed E-state index contributed by atoms with van der Waals surface area (Å²) in [4.78, 5) is 13.9. The molecule has 0 aliphatic carbocycles. The molecule has 0 aliphatic rings. The summed E-state index contributed by atoms with van der Waals surface area (Å²) in [6, 6.07) is 14.4. The minimum absolute atomic E-state index is 0.162. The predicted octanol–water partition coefficient (Wildman–Crippen LogP) is 3.45. The van der Waals surface area contributed by atoms with Crippen molar-refractivity contribution in [1.29, 1.82) is 0 Å². The second-order valence-electron chi connectivity index (χ2n) is 5.56. The molecule has 0 bridgehead atoms. The topological polar surface area (TPSA) is 61.8 Å². The standard InChI is InChI=1S/C19H24N2O3/c1-4-14-5-9-16(10-6-14)20-19(23)21(2)18(13-22)15-7-11-17(24-3)12-8-15/h5-12,18,22H,4,13H2,1-3H3,(H,20,23). The molecule has 24 heavy (non-hydrogen) atoms. The molecule has 0 radical (unpaired) electrons. The number of likely N-dealkylation sites (N-methyl/N-ethyl adjacent to an activating group) is 1. The SMILES string of the molecule is CCc1ccc(NC(=O)N(C)C(CO)c2ccc(OC)cc2)cc1. The van der Waals surface area contributed by atoms with Crippen molar-refractivity contribution in [3.05, 3.63) is 59.7 Å². The number of nitrogens with zero attached hydrogens (tertiary/aromatic N) is 1.